The first-order valence-corrected chi connectivity index (χ1v) is 29.1. The molecule has 67 heavy (non-hydrogen) atoms. The van der Waals surface area contributed by atoms with E-state index in [0.717, 1.165) is 83.5 Å². The summed E-state index contributed by atoms with van der Waals surface area (Å²) in [4.78, 5) is 38.1. The van der Waals surface area contributed by atoms with Gasteiger partial charge in [-0.2, -0.15) is 0 Å². The molecule has 0 spiro atoms. The van der Waals surface area contributed by atoms with Crippen molar-refractivity contribution in [1.82, 2.24) is 0 Å². The first kappa shape index (κ1) is 64.4. The van der Waals surface area contributed by atoms with E-state index in [1.54, 1.807) is 0 Å². The maximum atomic E-state index is 12.8. The summed E-state index contributed by atoms with van der Waals surface area (Å²) in [6, 6.07) is 0. The van der Waals surface area contributed by atoms with Crippen molar-refractivity contribution in [2.24, 2.45) is 0 Å². The van der Waals surface area contributed by atoms with Crippen LogP contribution in [-0.4, -0.2) is 37.2 Å². The average molecular weight is 940 g/mol. The Hall–Kier alpha value is -2.63. The van der Waals surface area contributed by atoms with Crippen molar-refractivity contribution in [3.05, 3.63) is 48.6 Å². The van der Waals surface area contributed by atoms with Crippen molar-refractivity contribution in [1.29, 1.82) is 0 Å². The molecule has 0 saturated carbocycles. The fraction of sp³-hybridized carbons (Fsp3) is 0.820. The highest BCUT2D eigenvalue weighted by molar-refractivity contribution is 5.71. The van der Waals surface area contributed by atoms with Gasteiger partial charge in [-0.3, -0.25) is 14.4 Å². The van der Waals surface area contributed by atoms with E-state index in [0.29, 0.717) is 19.3 Å². The standard InChI is InChI=1S/C61H110O6/c1-4-7-10-13-16-19-22-24-25-26-27-28-29-30-31-32-33-34-35-37-39-42-45-48-51-54-60(63)66-57-58(56-65-59(62)53-50-47-44-41-38-21-18-15-12-9-6-3)67-61(64)55-52-49-46-43-40-36-23-20-17-14-11-8-5-2/h7,10,16,19,24-25,27-28,58H,4-6,8-9,11-15,17-18,20-23,26,29-57H2,1-3H3/b10-7-,19-16-,25-24-,28-27-. The second-order valence-electron chi connectivity index (χ2n) is 19.5. The van der Waals surface area contributed by atoms with Crippen molar-refractivity contribution in [2.75, 3.05) is 13.2 Å². The Morgan fingerprint density at radius 1 is 0.313 bits per heavy atom. The Kier molecular flexibility index (Phi) is 53.8. The Morgan fingerprint density at radius 3 is 0.910 bits per heavy atom. The Labute approximate surface area is 416 Å². The maximum Gasteiger partial charge on any atom is 0.306 e. The molecule has 0 fully saturated rings. The normalized spacial score (nSPS) is 12.3. The number of allylic oxidation sites excluding steroid dienone is 8. The van der Waals surface area contributed by atoms with Crippen molar-refractivity contribution in [3.8, 4) is 0 Å². The lowest BCUT2D eigenvalue weighted by Gasteiger charge is -2.18. The number of carbonyl (C=O) groups is 3. The quantitative estimate of drug-likeness (QED) is 0.0262. The first-order chi connectivity index (χ1) is 33.0. The van der Waals surface area contributed by atoms with Crippen molar-refractivity contribution >= 4 is 17.9 Å². The number of carbonyl (C=O) groups excluding carboxylic acids is 3. The molecule has 390 valence electrons. The molecule has 0 bridgehead atoms. The van der Waals surface area contributed by atoms with Gasteiger partial charge in [-0.25, -0.2) is 0 Å². The summed E-state index contributed by atoms with van der Waals surface area (Å²) in [6.45, 7) is 6.55. The predicted octanol–water partition coefficient (Wildman–Crippen LogP) is 19.4. The van der Waals surface area contributed by atoms with E-state index in [-0.39, 0.29) is 31.1 Å². The van der Waals surface area contributed by atoms with Gasteiger partial charge in [-0.05, 0) is 57.8 Å². The van der Waals surface area contributed by atoms with Crippen molar-refractivity contribution < 1.29 is 28.6 Å². The van der Waals surface area contributed by atoms with Crippen LogP contribution in [0.4, 0.5) is 0 Å². The van der Waals surface area contributed by atoms with Crippen LogP contribution in [0.2, 0.25) is 0 Å². The van der Waals surface area contributed by atoms with Crippen LogP contribution in [0.3, 0.4) is 0 Å². The van der Waals surface area contributed by atoms with Crippen LogP contribution in [0.25, 0.3) is 0 Å². The highest BCUT2D eigenvalue weighted by Gasteiger charge is 2.19. The molecule has 0 radical (unpaired) electrons. The topological polar surface area (TPSA) is 78.9 Å². The molecular weight excluding hydrogens is 829 g/mol. The minimum Gasteiger partial charge on any atom is -0.462 e. The van der Waals surface area contributed by atoms with Crippen LogP contribution in [0.15, 0.2) is 48.6 Å². The van der Waals surface area contributed by atoms with E-state index in [2.05, 4.69) is 69.4 Å². The van der Waals surface area contributed by atoms with Gasteiger partial charge in [-0.15, -0.1) is 0 Å². The summed E-state index contributed by atoms with van der Waals surface area (Å²) in [7, 11) is 0. The van der Waals surface area contributed by atoms with Gasteiger partial charge in [-0.1, -0.05) is 275 Å². The number of rotatable bonds is 53. The summed E-state index contributed by atoms with van der Waals surface area (Å²) >= 11 is 0. The van der Waals surface area contributed by atoms with Gasteiger partial charge >= 0.3 is 17.9 Å². The maximum absolute atomic E-state index is 12.8. The monoisotopic (exact) mass is 939 g/mol. The van der Waals surface area contributed by atoms with E-state index in [1.165, 1.54) is 180 Å². The fourth-order valence-electron chi connectivity index (χ4n) is 8.49. The molecule has 0 heterocycles. The fourth-order valence-corrected chi connectivity index (χ4v) is 8.49. The number of unbranched alkanes of at least 4 members (excludes halogenated alkanes) is 34. The Bertz CT molecular complexity index is 1170. The average Bonchev–Trinajstić information content (AvgIpc) is 3.33. The second-order valence-corrected chi connectivity index (χ2v) is 19.5. The SMILES string of the molecule is CC/C=C\C/C=C\C/C=C\C/C=C\CCCCCCCCCCCCCCC(=O)OCC(COC(=O)CCCCCCCCCCCCC)OC(=O)CCCCCCCCCCCCCCC. The van der Waals surface area contributed by atoms with Crippen LogP contribution >= 0.6 is 0 Å². The predicted molar refractivity (Wildman–Crippen MR) is 289 cm³/mol. The van der Waals surface area contributed by atoms with Crippen molar-refractivity contribution in [3.63, 3.8) is 0 Å². The number of hydrogen-bond donors (Lipinski definition) is 0. The molecule has 0 aliphatic rings. The smallest absolute Gasteiger partial charge is 0.306 e. The Morgan fingerprint density at radius 2 is 0.582 bits per heavy atom. The van der Waals surface area contributed by atoms with Crippen LogP contribution in [0, 0.1) is 0 Å². The van der Waals surface area contributed by atoms with Crippen molar-refractivity contribution in [2.45, 2.75) is 309 Å². The lowest BCUT2D eigenvalue weighted by molar-refractivity contribution is -0.167. The molecule has 0 rings (SSSR count). The lowest BCUT2D eigenvalue weighted by Crippen LogP contribution is -2.30. The second kappa shape index (κ2) is 56.0. The van der Waals surface area contributed by atoms with Gasteiger partial charge in [0.2, 0.25) is 0 Å². The highest BCUT2D eigenvalue weighted by Crippen LogP contribution is 2.17. The molecule has 0 aromatic rings. The van der Waals surface area contributed by atoms with Crippen LogP contribution in [-0.2, 0) is 28.6 Å². The highest BCUT2D eigenvalue weighted by atomic mass is 16.6. The number of ether oxygens (including phenoxy) is 3. The molecule has 0 aliphatic carbocycles. The van der Waals surface area contributed by atoms with Gasteiger partial charge in [0.25, 0.3) is 0 Å². The summed E-state index contributed by atoms with van der Waals surface area (Å²) in [5.74, 6) is -0.855. The van der Waals surface area contributed by atoms with E-state index >= 15 is 0 Å². The summed E-state index contributed by atoms with van der Waals surface area (Å²) in [6.07, 6.45) is 68.2. The summed E-state index contributed by atoms with van der Waals surface area (Å²) in [5.41, 5.74) is 0. The molecule has 0 amide bonds. The van der Waals surface area contributed by atoms with Gasteiger partial charge in [0, 0.05) is 19.3 Å². The molecule has 0 aromatic heterocycles. The van der Waals surface area contributed by atoms with Gasteiger partial charge in [0.1, 0.15) is 13.2 Å². The molecule has 0 aromatic carbocycles. The van der Waals surface area contributed by atoms with Gasteiger partial charge in [0.15, 0.2) is 6.10 Å². The minimum absolute atomic E-state index is 0.0683. The van der Waals surface area contributed by atoms with Crippen LogP contribution in [0.1, 0.15) is 303 Å². The van der Waals surface area contributed by atoms with Crippen LogP contribution < -0.4 is 0 Å². The van der Waals surface area contributed by atoms with E-state index in [9.17, 15) is 14.4 Å². The Balaban J connectivity index is 4.20. The van der Waals surface area contributed by atoms with Gasteiger partial charge in [0.05, 0.1) is 0 Å². The summed E-state index contributed by atoms with van der Waals surface area (Å²) in [5, 5.41) is 0. The van der Waals surface area contributed by atoms with E-state index in [1.807, 2.05) is 0 Å². The molecule has 0 N–H and O–H groups in total. The largest absolute Gasteiger partial charge is 0.462 e. The number of esters is 3. The molecule has 0 saturated heterocycles. The molecule has 0 aliphatic heterocycles. The molecule has 6 heteroatoms. The van der Waals surface area contributed by atoms with E-state index in [4.69, 9.17) is 14.2 Å². The minimum atomic E-state index is -0.768. The summed E-state index contributed by atoms with van der Waals surface area (Å²) < 4.78 is 16.9. The first-order valence-electron chi connectivity index (χ1n) is 29.1. The zero-order valence-corrected chi connectivity index (χ0v) is 44.7. The van der Waals surface area contributed by atoms with Crippen LogP contribution in [0.5, 0.6) is 0 Å². The third-order valence-electron chi connectivity index (χ3n) is 12.8. The molecular formula is C61H110O6. The molecule has 1 unspecified atom stereocenters. The molecule has 6 nitrogen and oxygen atoms in total. The van der Waals surface area contributed by atoms with Gasteiger partial charge < -0.3 is 14.2 Å². The third kappa shape index (κ3) is 54.2. The third-order valence-corrected chi connectivity index (χ3v) is 12.8. The van der Waals surface area contributed by atoms with E-state index < -0.39 is 6.10 Å². The zero-order chi connectivity index (χ0) is 48.6. The lowest BCUT2D eigenvalue weighted by atomic mass is 10.0. The zero-order valence-electron chi connectivity index (χ0n) is 44.7. The molecule has 1 atom stereocenters. The number of hydrogen-bond acceptors (Lipinski definition) is 6.